The lowest BCUT2D eigenvalue weighted by Gasteiger charge is -2.29. The van der Waals surface area contributed by atoms with Crippen molar-refractivity contribution in [1.82, 2.24) is 5.32 Å². The first-order valence-electron chi connectivity index (χ1n) is 7.54. The molecule has 1 aromatic carbocycles. The van der Waals surface area contributed by atoms with Gasteiger partial charge in [0, 0.05) is 11.0 Å². The molecule has 1 unspecified atom stereocenters. The van der Waals surface area contributed by atoms with Crippen LogP contribution in [-0.4, -0.2) is 19.7 Å². The minimum Gasteiger partial charge on any atom is -0.494 e. The van der Waals surface area contributed by atoms with Crippen LogP contribution in [0.25, 0.3) is 0 Å². The van der Waals surface area contributed by atoms with Gasteiger partial charge in [0.15, 0.2) is 0 Å². The van der Waals surface area contributed by atoms with Gasteiger partial charge < -0.3 is 10.1 Å². The van der Waals surface area contributed by atoms with Crippen molar-refractivity contribution >= 4 is 15.9 Å². The van der Waals surface area contributed by atoms with Crippen LogP contribution in [0.15, 0.2) is 28.7 Å². The average molecular weight is 342 g/mol. The number of rotatable bonds is 9. The fraction of sp³-hybridized carbons (Fsp3) is 0.647. The van der Waals surface area contributed by atoms with E-state index in [-0.39, 0.29) is 0 Å². The second kappa shape index (κ2) is 8.68. The van der Waals surface area contributed by atoms with Crippen LogP contribution in [0.1, 0.15) is 40.5 Å². The van der Waals surface area contributed by atoms with Crippen LogP contribution in [0.2, 0.25) is 0 Å². The van der Waals surface area contributed by atoms with Crippen LogP contribution < -0.4 is 10.1 Å². The summed E-state index contributed by atoms with van der Waals surface area (Å²) in [6, 6.07) is 8.03. The highest BCUT2D eigenvalue weighted by molar-refractivity contribution is 9.10. The lowest BCUT2D eigenvalue weighted by Crippen LogP contribution is -2.34. The molecular weight excluding hydrogens is 314 g/mol. The Bertz CT molecular complexity index is 394. The molecule has 0 spiro atoms. The standard InChI is InChI=1S/C17H28BrNO/c1-5-17(4,13-19-12-14(2)3)9-10-20-16-8-6-7-15(18)11-16/h6-8,11,14,19H,5,9-10,12-13H2,1-4H3. The summed E-state index contributed by atoms with van der Waals surface area (Å²) in [5, 5.41) is 3.57. The van der Waals surface area contributed by atoms with Crippen LogP contribution in [0, 0.1) is 11.3 Å². The first-order valence-corrected chi connectivity index (χ1v) is 8.33. The summed E-state index contributed by atoms with van der Waals surface area (Å²) >= 11 is 3.46. The lowest BCUT2D eigenvalue weighted by atomic mass is 9.84. The van der Waals surface area contributed by atoms with E-state index in [2.05, 4.69) is 48.9 Å². The van der Waals surface area contributed by atoms with E-state index in [9.17, 15) is 0 Å². The molecule has 0 aliphatic heterocycles. The van der Waals surface area contributed by atoms with Gasteiger partial charge in [0.2, 0.25) is 0 Å². The van der Waals surface area contributed by atoms with Crippen LogP contribution >= 0.6 is 15.9 Å². The number of halogens is 1. The van der Waals surface area contributed by atoms with Crippen molar-refractivity contribution in [1.29, 1.82) is 0 Å². The number of hydrogen-bond donors (Lipinski definition) is 1. The van der Waals surface area contributed by atoms with Crippen molar-refractivity contribution in [2.45, 2.75) is 40.5 Å². The quantitative estimate of drug-likeness (QED) is 0.691. The first-order chi connectivity index (χ1) is 9.45. The highest BCUT2D eigenvalue weighted by Gasteiger charge is 2.21. The highest BCUT2D eigenvalue weighted by Crippen LogP contribution is 2.26. The molecular formula is C17H28BrNO. The van der Waals surface area contributed by atoms with Crippen molar-refractivity contribution in [3.05, 3.63) is 28.7 Å². The Labute approximate surface area is 132 Å². The Balaban J connectivity index is 2.36. The predicted octanol–water partition coefficient (Wildman–Crippen LogP) is 4.88. The van der Waals surface area contributed by atoms with Gasteiger partial charge in [-0.15, -0.1) is 0 Å². The highest BCUT2D eigenvalue weighted by atomic mass is 79.9. The molecule has 0 amide bonds. The smallest absolute Gasteiger partial charge is 0.120 e. The second-order valence-corrected chi connectivity index (χ2v) is 7.16. The molecule has 20 heavy (non-hydrogen) atoms. The number of benzene rings is 1. The molecule has 0 heterocycles. The molecule has 1 rings (SSSR count). The molecule has 1 N–H and O–H groups in total. The van der Waals surface area contributed by atoms with E-state index in [4.69, 9.17) is 4.74 Å². The van der Waals surface area contributed by atoms with Crippen molar-refractivity contribution < 1.29 is 4.74 Å². The molecule has 3 heteroatoms. The summed E-state index contributed by atoms with van der Waals surface area (Å²) in [6.45, 7) is 12.0. The second-order valence-electron chi connectivity index (χ2n) is 6.24. The molecule has 0 aromatic heterocycles. The van der Waals surface area contributed by atoms with Gasteiger partial charge in [0.1, 0.15) is 5.75 Å². The van der Waals surface area contributed by atoms with Gasteiger partial charge in [-0.05, 0) is 48.9 Å². The Morgan fingerprint density at radius 3 is 2.70 bits per heavy atom. The topological polar surface area (TPSA) is 21.3 Å². The van der Waals surface area contributed by atoms with Gasteiger partial charge >= 0.3 is 0 Å². The largest absolute Gasteiger partial charge is 0.494 e. The normalized spacial score (nSPS) is 14.3. The molecule has 2 nitrogen and oxygen atoms in total. The van der Waals surface area contributed by atoms with E-state index < -0.39 is 0 Å². The molecule has 114 valence electrons. The maximum Gasteiger partial charge on any atom is 0.120 e. The van der Waals surface area contributed by atoms with E-state index in [1.54, 1.807) is 0 Å². The fourth-order valence-corrected chi connectivity index (χ4v) is 2.40. The molecule has 0 radical (unpaired) electrons. The monoisotopic (exact) mass is 341 g/mol. The summed E-state index contributed by atoms with van der Waals surface area (Å²) in [5.41, 5.74) is 0.306. The van der Waals surface area contributed by atoms with Gasteiger partial charge in [0.25, 0.3) is 0 Å². The third kappa shape index (κ3) is 6.76. The molecule has 0 saturated heterocycles. The maximum absolute atomic E-state index is 5.85. The van der Waals surface area contributed by atoms with Gasteiger partial charge in [-0.2, -0.15) is 0 Å². The minimum absolute atomic E-state index is 0.306. The van der Waals surface area contributed by atoms with Crippen LogP contribution in [0.5, 0.6) is 5.75 Å². The molecule has 0 fully saturated rings. The van der Waals surface area contributed by atoms with Crippen LogP contribution in [0.4, 0.5) is 0 Å². The third-order valence-corrected chi connectivity index (χ3v) is 4.22. The minimum atomic E-state index is 0.306. The van der Waals surface area contributed by atoms with Crippen LogP contribution in [-0.2, 0) is 0 Å². The Kier molecular flexibility index (Phi) is 7.60. The predicted molar refractivity (Wildman–Crippen MR) is 90.4 cm³/mol. The van der Waals surface area contributed by atoms with E-state index >= 15 is 0 Å². The van der Waals surface area contributed by atoms with Gasteiger partial charge in [-0.3, -0.25) is 0 Å². The zero-order chi connectivity index (χ0) is 15.0. The van der Waals surface area contributed by atoms with Crippen molar-refractivity contribution in [2.24, 2.45) is 11.3 Å². The van der Waals surface area contributed by atoms with Crippen LogP contribution in [0.3, 0.4) is 0 Å². The SMILES string of the molecule is CCC(C)(CCOc1cccc(Br)c1)CNCC(C)C. The molecule has 1 aromatic rings. The lowest BCUT2D eigenvalue weighted by molar-refractivity contribution is 0.198. The molecule has 0 aliphatic rings. The Morgan fingerprint density at radius 2 is 2.10 bits per heavy atom. The molecule has 0 bridgehead atoms. The van der Waals surface area contributed by atoms with Crippen molar-refractivity contribution in [2.75, 3.05) is 19.7 Å². The van der Waals surface area contributed by atoms with Gasteiger partial charge in [-0.25, -0.2) is 0 Å². The average Bonchev–Trinajstić information content (AvgIpc) is 2.38. The van der Waals surface area contributed by atoms with E-state index in [1.807, 2.05) is 24.3 Å². The van der Waals surface area contributed by atoms with Crippen molar-refractivity contribution in [3.63, 3.8) is 0 Å². The van der Waals surface area contributed by atoms with Gasteiger partial charge in [0.05, 0.1) is 6.61 Å². The summed E-state index contributed by atoms with van der Waals surface area (Å²) in [6.07, 6.45) is 2.24. The van der Waals surface area contributed by atoms with E-state index in [1.165, 1.54) is 6.42 Å². The first kappa shape index (κ1) is 17.5. The summed E-state index contributed by atoms with van der Waals surface area (Å²) in [4.78, 5) is 0. The molecule has 0 saturated carbocycles. The number of ether oxygens (including phenoxy) is 1. The fourth-order valence-electron chi connectivity index (χ4n) is 2.02. The van der Waals surface area contributed by atoms with Gasteiger partial charge in [-0.1, -0.05) is 49.7 Å². The Hall–Kier alpha value is -0.540. The zero-order valence-corrected chi connectivity index (χ0v) is 14.8. The Morgan fingerprint density at radius 1 is 1.35 bits per heavy atom. The summed E-state index contributed by atoms with van der Waals surface area (Å²) in [7, 11) is 0. The van der Waals surface area contributed by atoms with E-state index in [0.717, 1.165) is 36.3 Å². The third-order valence-electron chi connectivity index (χ3n) is 3.73. The number of nitrogens with one attached hydrogen (secondary N) is 1. The van der Waals surface area contributed by atoms with E-state index in [0.29, 0.717) is 11.3 Å². The summed E-state index contributed by atoms with van der Waals surface area (Å²) in [5.74, 6) is 1.64. The maximum atomic E-state index is 5.85. The molecule has 0 aliphatic carbocycles. The summed E-state index contributed by atoms with van der Waals surface area (Å²) < 4.78 is 6.92. The molecule has 1 atom stereocenters. The van der Waals surface area contributed by atoms with Crippen molar-refractivity contribution in [3.8, 4) is 5.75 Å². The zero-order valence-electron chi connectivity index (χ0n) is 13.2. The number of hydrogen-bond acceptors (Lipinski definition) is 2.